The van der Waals surface area contributed by atoms with E-state index in [1.165, 1.54) is 23.8 Å². The van der Waals surface area contributed by atoms with Crippen LogP contribution in [0.15, 0.2) is 54.7 Å². The van der Waals surface area contributed by atoms with Crippen LogP contribution in [0, 0.1) is 29.5 Å². The van der Waals surface area contributed by atoms with Crippen molar-refractivity contribution in [3.63, 3.8) is 0 Å². The summed E-state index contributed by atoms with van der Waals surface area (Å²) in [4.78, 5) is 69.6. The first kappa shape index (κ1) is 57.0. The summed E-state index contributed by atoms with van der Waals surface area (Å²) in [7, 11) is 1.96. The second-order valence-electron chi connectivity index (χ2n) is 20.8. The number of rotatable bonds is 17. The monoisotopic (exact) mass is 1040 g/mol. The van der Waals surface area contributed by atoms with E-state index in [4.69, 9.17) is 25.7 Å². The smallest absolute Gasteiger partial charge is 0.319 e. The molecule has 0 spiro atoms. The van der Waals surface area contributed by atoms with Crippen LogP contribution in [-0.4, -0.2) is 151 Å². The molecule has 1 aliphatic carbocycles. The molecule has 2 aromatic heterocycles. The fraction of sp³-hybridized carbons (Fsp3) is 0.508. The molecule has 10 rings (SSSR count). The van der Waals surface area contributed by atoms with Gasteiger partial charge < -0.3 is 40.1 Å². The molecule has 406 valence electrons. The lowest BCUT2D eigenvalue weighted by Crippen LogP contribution is -2.50. The number of hydrogen-bond donors (Lipinski definition) is 3. The number of aromatic nitrogens is 3. The number of nitrogens with one attached hydrogen (secondary N) is 2. The largest absolute Gasteiger partial charge is 0.508 e. The molecule has 1 saturated carbocycles. The number of halogens is 1. The van der Waals surface area contributed by atoms with Gasteiger partial charge in [-0.3, -0.25) is 29.1 Å². The lowest BCUT2D eigenvalue weighted by Gasteiger charge is -2.40. The van der Waals surface area contributed by atoms with Crippen LogP contribution in [-0.2, 0) is 9.59 Å². The molecule has 4 fully saturated rings. The van der Waals surface area contributed by atoms with Crippen molar-refractivity contribution >= 4 is 57.8 Å². The third-order valence-electron chi connectivity index (χ3n) is 14.8. The van der Waals surface area contributed by atoms with Crippen LogP contribution in [0.5, 0.6) is 11.8 Å². The predicted molar refractivity (Wildman–Crippen MR) is 298 cm³/mol. The van der Waals surface area contributed by atoms with E-state index in [0.717, 1.165) is 123 Å². The molecular weight excluding hydrogens is 964 g/mol. The van der Waals surface area contributed by atoms with Crippen molar-refractivity contribution in [3.8, 4) is 35.4 Å². The number of phenolic OH excluding ortho intramolecular Hbond substituents is 1. The quantitative estimate of drug-likeness (QED) is 0.0461. The lowest BCUT2D eigenvalue weighted by molar-refractivity contribution is -0.117. The van der Waals surface area contributed by atoms with Gasteiger partial charge in [0, 0.05) is 105 Å². The molecular formula is C59H77FN10O6. The van der Waals surface area contributed by atoms with E-state index in [0.29, 0.717) is 69.6 Å². The number of imide groups is 2. The Morgan fingerprint density at radius 1 is 0.882 bits per heavy atom. The first-order chi connectivity index (χ1) is 36.9. The van der Waals surface area contributed by atoms with Crippen LogP contribution in [0.3, 0.4) is 0 Å². The summed E-state index contributed by atoms with van der Waals surface area (Å²) in [6.45, 7) is 21.7. The Hall–Kier alpha value is -6.74. The lowest BCUT2D eigenvalue weighted by atomic mass is 9.95. The zero-order valence-corrected chi connectivity index (χ0v) is 45.4. The summed E-state index contributed by atoms with van der Waals surface area (Å²) in [5, 5.41) is 17.2. The Kier molecular flexibility index (Phi) is 20.1. The Balaban J connectivity index is 0.000000582. The number of fused-ring (bicyclic) bond motifs is 3. The van der Waals surface area contributed by atoms with Crippen molar-refractivity contribution < 1.29 is 33.4 Å². The van der Waals surface area contributed by atoms with E-state index in [1.54, 1.807) is 23.6 Å². The normalized spacial score (nSPS) is 17.5. The van der Waals surface area contributed by atoms with E-state index in [9.17, 15) is 14.7 Å². The van der Waals surface area contributed by atoms with Crippen molar-refractivity contribution in [1.82, 2.24) is 40.3 Å². The Morgan fingerprint density at radius 2 is 1.58 bits per heavy atom. The molecule has 1 atom stereocenters. The topological polar surface area (TPSA) is 177 Å². The Labute approximate surface area is 447 Å². The number of hydrogen-bond acceptors (Lipinski definition) is 14. The van der Waals surface area contributed by atoms with Gasteiger partial charge in [-0.1, -0.05) is 58.6 Å². The molecule has 4 aliphatic heterocycles. The SMILES string of the molecule is C#Cc1cccc2cc(O)cc(-c3ncc4c(N5CCC5)nc(OCC5(CN6CCN(CC7CCN(c8ccc9c(c8)C(=O)N(C(C)CCC)C9=O)CC7)CC6)CC5)nc4c3F)c12.CCC.CCCNC.O=CNC=O. The minimum absolute atomic E-state index is 0.00812. The van der Waals surface area contributed by atoms with Gasteiger partial charge >= 0.3 is 6.01 Å². The second-order valence-corrected chi connectivity index (χ2v) is 20.8. The van der Waals surface area contributed by atoms with Gasteiger partial charge in [0.25, 0.3) is 11.8 Å². The maximum atomic E-state index is 16.8. The average Bonchev–Trinajstić information content (AvgIpc) is 4.12. The maximum Gasteiger partial charge on any atom is 0.319 e. The number of benzene rings is 3. The maximum absolute atomic E-state index is 16.8. The number of nitrogens with zero attached hydrogens (tertiary/aromatic N) is 8. The number of phenols is 1. The molecule has 0 bridgehead atoms. The highest BCUT2D eigenvalue weighted by Gasteiger charge is 2.46. The summed E-state index contributed by atoms with van der Waals surface area (Å²) in [5.41, 5.74) is 3.30. The first-order valence-corrected chi connectivity index (χ1v) is 27.3. The third-order valence-corrected chi connectivity index (χ3v) is 14.8. The molecule has 16 nitrogen and oxygen atoms in total. The summed E-state index contributed by atoms with van der Waals surface area (Å²) in [5.74, 6) is 3.01. The highest BCUT2D eigenvalue weighted by atomic mass is 19.1. The number of ether oxygens (including phenoxy) is 1. The molecule has 3 N–H and O–H groups in total. The van der Waals surface area contributed by atoms with Crippen LogP contribution in [0.1, 0.15) is 119 Å². The summed E-state index contributed by atoms with van der Waals surface area (Å²) in [6.07, 6.45) is 17.7. The summed E-state index contributed by atoms with van der Waals surface area (Å²) in [6, 6.07) is 14.4. The van der Waals surface area contributed by atoms with Crippen molar-refractivity contribution in [1.29, 1.82) is 0 Å². The molecule has 4 amide bonds. The van der Waals surface area contributed by atoms with Gasteiger partial charge in [0.05, 0.1) is 23.1 Å². The van der Waals surface area contributed by atoms with E-state index in [2.05, 4.69) is 68.5 Å². The van der Waals surface area contributed by atoms with Gasteiger partial charge in [-0.25, -0.2) is 4.39 Å². The van der Waals surface area contributed by atoms with Crippen molar-refractivity contribution in [2.75, 3.05) is 95.4 Å². The number of piperazine rings is 1. The molecule has 3 aromatic carbocycles. The second kappa shape index (κ2) is 26.8. The van der Waals surface area contributed by atoms with Crippen LogP contribution >= 0.6 is 0 Å². The molecule has 5 aliphatic rings. The molecule has 6 heterocycles. The minimum atomic E-state index is -0.607. The van der Waals surface area contributed by atoms with Gasteiger partial charge in [-0.15, -0.1) is 6.42 Å². The first-order valence-electron chi connectivity index (χ1n) is 27.3. The van der Waals surface area contributed by atoms with Crippen molar-refractivity contribution in [2.45, 2.75) is 98.4 Å². The average molecular weight is 1040 g/mol. The van der Waals surface area contributed by atoms with Gasteiger partial charge in [0.1, 0.15) is 22.8 Å². The number of carbonyl (C=O) groups is 4. The number of pyridine rings is 1. The highest BCUT2D eigenvalue weighted by molar-refractivity contribution is 6.22. The Morgan fingerprint density at radius 3 is 2.17 bits per heavy atom. The fourth-order valence-electron chi connectivity index (χ4n) is 10.5. The van der Waals surface area contributed by atoms with Crippen LogP contribution in [0.4, 0.5) is 15.9 Å². The predicted octanol–water partition coefficient (Wildman–Crippen LogP) is 8.28. The highest BCUT2D eigenvalue weighted by Crippen LogP contribution is 2.47. The van der Waals surface area contributed by atoms with Crippen LogP contribution in [0.2, 0.25) is 0 Å². The number of piperidine rings is 1. The summed E-state index contributed by atoms with van der Waals surface area (Å²) >= 11 is 0. The molecule has 0 radical (unpaired) electrons. The molecule has 76 heavy (non-hydrogen) atoms. The van der Waals surface area contributed by atoms with Crippen molar-refractivity contribution in [2.24, 2.45) is 11.3 Å². The molecule has 17 heteroatoms. The number of carbonyl (C=O) groups excluding carboxylic acids is 4. The zero-order valence-electron chi connectivity index (χ0n) is 45.4. The van der Waals surface area contributed by atoms with E-state index >= 15 is 4.39 Å². The fourth-order valence-corrected chi connectivity index (χ4v) is 10.5. The molecule has 3 saturated heterocycles. The number of anilines is 2. The molecule has 5 aromatic rings. The number of terminal acetylenes is 1. The van der Waals surface area contributed by atoms with Gasteiger partial charge in [-0.05, 0) is 113 Å². The van der Waals surface area contributed by atoms with E-state index in [1.807, 2.05) is 44.3 Å². The number of amides is 4. The van der Waals surface area contributed by atoms with Gasteiger partial charge in [0.2, 0.25) is 12.8 Å². The molecule has 1 unspecified atom stereocenters. The van der Waals surface area contributed by atoms with Crippen LogP contribution < -0.4 is 25.2 Å². The van der Waals surface area contributed by atoms with Crippen molar-refractivity contribution in [3.05, 3.63) is 77.2 Å². The minimum Gasteiger partial charge on any atom is -0.508 e. The zero-order chi connectivity index (χ0) is 54.4. The van der Waals surface area contributed by atoms with Gasteiger partial charge in [0.15, 0.2) is 5.82 Å². The van der Waals surface area contributed by atoms with E-state index < -0.39 is 5.82 Å². The number of aromatic hydroxyl groups is 1. The Bertz CT molecular complexity index is 2840. The summed E-state index contributed by atoms with van der Waals surface area (Å²) < 4.78 is 23.2. The standard InChI is InChI=1S/C50H55FN8O4.C4H11N.C3H8.C2H3NO2/c1-4-8-32(3)59-47(61)38-12-11-36(26-39(38)48(59)62)57-19-13-33(14-20-57)29-55-21-23-56(24-22-55)30-50(15-16-50)31-63-49-53-45-41(46(54-49)58-17-7-18-58)28-52-44(43(45)51)40-27-37(60)25-35-10-6-9-34(5-2)42(35)40;1-3-4-5-2;1-3-2;4-1-3-2-5/h2,6,9-12,25-28,32-33,60H,4,7-8,13-24,29-31H2,1,3H3;5H,3-4H2,1-2H3;3H2,1-2H3;1-2H,(H,3,4,5). The van der Waals surface area contributed by atoms with Crippen LogP contribution in [0.25, 0.3) is 32.9 Å². The van der Waals surface area contributed by atoms with Gasteiger partial charge in [-0.2, -0.15) is 9.97 Å². The third kappa shape index (κ3) is 13.4. The van der Waals surface area contributed by atoms with E-state index in [-0.39, 0.29) is 46.2 Å².